The first kappa shape index (κ1) is 19.4. The van der Waals surface area contributed by atoms with E-state index in [1.165, 1.54) is 0 Å². The molecule has 0 spiro atoms. The van der Waals surface area contributed by atoms with Crippen molar-refractivity contribution < 1.29 is 14.3 Å². The summed E-state index contributed by atoms with van der Waals surface area (Å²) in [6.45, 7) is 1.92. The summed E-state index contributed by atoms with van der Waals surface area (Å²) in [6, 6.07) is 17.0. The molecule has 6 heteroatoms. The fraction of sp³-hybridized carbons (Fsp3) is 0.333. The van der Waals surface area contributed by atoms with E-state index in [9.17, 15) is 9.59 Å². The molecule has 1 unspecified atom stereocenters. The number of carbonyl (C=O) groups excluding carboxylic acids is 2. The normalized spacial score (nSPS) is 16.8. The van der Waals surface area contributed by atoms with Gasteiger partial charge in [0, 0.05) is 24.5 Å². The van der Waals surface area contributed by atoms with Crippen LogP contribution in [-0.4, -0.2) is 43.0 Å². The zero-order chi connectivity index (χ0) is 19.1. The predicted molar refractivity (Wildman–Crippen MR) is 104 cm³/mol. The van der Waals surface area contributed by atoms with Crippen molar-refractivity contribution in [2.24, 2.45) is 0 Å². The summed E-state index contributed by atoms with van der Waals surface area (Å²) in [6.07, 6.45) is 0.465. The van der Waals surface area contributed by atoms with Gasteiger partial charge in [-0.1, -0.05) is 54.1 Å². The Labute approximate surface area is 164 Å². The molecule has 0 saturated carbocycles. The number of carbonyl (C=O) groups is 2. The van der Waals surface area contributed by atoms with E-state index in [4.69, 9.17) is 16.3 Å². The number of halogens is 1. The average Bonchev–Trinajstić information content (AvgIpc) is 2.69. The molecule has 1 aliphatic heterocycles. The fourth-order valence-corrected chi connectivity index (χ4v) is 3.19. The van der Waals surface area contributed by atoms with Crippen molar-refractivity contribution in [3.8, 4) is 0 Å². The van der Waals surface area contributed by atoms with Gasteiger partial charge in [-0.05, 0) is 23.3 Å². The molecular formula is C21H23ClN2O3. The van der Waals surface area contributed by atoms with E-state index in [-0.39, 0.29) is 24.3 Å². The van der Waals surface area contributed by atoms with Crippen LogP contribution in [-0.2, 0) is 20.7 Å². The molecule has 1 fully saturated rings. The highest BCUT2D eigenvalue weighted by Gasteiger charge is 2.25. The van der Waals surface area contributed by atoms with Crippen LogP contribution >= 0.6 is 11.6 Å². The first-order valence-corrected chi connectivity index (χ1v) is 9.45. The Hall–Kier alpha value is -2.37. The zero-order valence-corrected chi connectivity index (χ0v) is 15.8. The Morgan fingerprint density at radius 1 is 1.11 bits per heavy atom. The van der Waals surface area contributed by atoms with Crippen molar-refractivity contribution in [1.29, 1.82) is 0 Å². The van der Waals surface area contributed by atoms with Crippen LogP contribution in [0.25, 0.3) is 0 Å². The maximum absolute atomic E-state index is 12.5. The molecule has 1 N–H and O–H groups in total. The van der Waals surface area contributed by atoms with Crippen molar-refractivity contribution in [2.75, 3.05) is 26.2 Å². The van der Waals surface area contributed by atoms with Gasteiger partial charge >= 0.3 is 0 Å². The summed E-state index contributed by atoms with van der Waals surface area (Å²) >= 11 is 5.92. The number of morpholine rings is 1. The molecule has 1 heterocycles. The van der Waals surface area contributed by atoms with Crippen molar-refractivity contribution in [3.63, 3.8) is 0 Å². The second kappa shape index (κ2) is 9.53. The van der Waals surface area contributed by atoms with Gasteiger partial charge in [0.25, 0.3) is 0 Å². The predicted octanol–water partition coefficient (Wildman–Crippen LogP) is 2.99. The van der Waals surface area contributed by atoms with E-state index < -0.39 is 0 Å². The number of amides is 2. The second-order valence-corrected chi connectivity index (χ2v) is 6.95. The maximum atomic E-state index is 12.5. The Morgan fingerprint density at radius 2 is 1.85 bits per heavy atom. The third-order valence-corrected chi connectivity index (χ3v) is 4.78. The summed E-state index contributed by atoms with van der Waals surface area (Å²) in [7, 11) is 0. The lowest BCUT2D eigenvalue weighted by molar-refractivity contribution is -0.139. The molecule has 3 rings (SSSR count). The van der Waals surface area contributed by atoms with E-state index >= 15 is 0 Å². The molecule has 2 amide bonds. The van der Waals surface area contributed by atoms with Crippen LogP contribution in [0, 0.1) is 0 Å². The molecule has 1 aliphatic rings. The van der Waals surface area contributed by atoms with E-state index in [1.807, 2.05) is 54.6 Å². The van der Waals surface area contributed by atoms with Crippen molar-refractivity contribution in [1.82, 2.24) is 10.2 Å². The molecule has 1 atom stereocenters. The van der Waals surface area contributed by atoms with Crippen molar-refractivity contribution in [2.45, 2.75) is 18.9 Å². The van der Waals surface area contributed by atoms with E-state index in [2.05, 4.69) is 5.32 Å². The topological polar surface area (TPSA) is 58.6 Å². The van der Waals surface area contributed by atoms with E-state index in [0.717, 1.165) is 11.1 Å². The van der Waals surface area contributed by atoms with Gasteiger partial charge in [0.2, 0.25) is 11.8 Å². The van der Waals surface area contributed by atoms with Gasteiger partial charge in [-0.15, -0.1) is 0 Å². The van der Waals surface area contributed by atoms with Gasteiger partial charge in [-0.3, -0.25) is 9.59 Å². The van der Waals surface area contributed by atoms with Gasteiger partial charge in [0.15, 0.2) is 0 Å². The average molecular weight is 387 g/mol. The van der Waals surface area contributed by atoms with Crippen LogP contribution in [0.5, 0.6) is 0 Å². The molecule has 2 aromatic rings. The minimum atomic E-state index is -0.146. The molecule has 2 aromatic carbocycles. The minimum Gasteiger partial charge on any atom is -0.370 e. The molecule has 5 nitrogen and oxygen atoms in total. The quantitative estimate of drug-likeness (QED) is 0.830. The number of rotatable bonds is 6. The molecule has 0 aromatic heterocycles. The summed E-state index contributed by atoms with van der Waals surface area (Å²) in [5.41, 5.74) is 1.97. The molecule has 142 valence electrons. The van der Waals surface area contributed by atoms with Crippen LogP contribution < -0.4 is 5.32 Å². The molecular weight excluding hydrogens is 364 g/mol. The van der Waals surface area contributed by atoms with Crippen LogP contribution in [0.2, 0.25) is 5.02 Å². The van der Waals surface area contributed by atoms with Crippen LogP contribution in [0.4, 0.5) is 0 Å². The molecule has 0 bridgehead atoms. The maximum Gasteiger partial charge on any atom is 0.224 e. The van der Waals surface area contributed by atoms with E-state index in [1.54, 1.807) is 4.90 Å². The standard InChI is InChI=1S/C21H23ClN2O3/c22-18-8-6-17(7-9-18)19-15-24(12-13-27-19)21(26)10-11-23-20(25)14-16-4-2-1-3-5-16/h1-9,19H,10-15H2,(H,23,25). The highest BCUT2D eigenvalue weighted by molar-refractivity contribution is 6.30. The van der Waals surface area contributed by atoms with Crippen molar-refractivity contribution >= 4 is 23.4 Å². The lowest BCUT2D eigenvalue weighted by Crippen LogP contribution is -2.43. The third kappa shape index (κ3) is 5.81. The van der Waals surface area contributed by atoms with Crippen molar-refractivity contribution in [3.05, 3.63) is 70.7 Å². The Bertz CT molecular complexity index is 765. The number of benzene rings is 2. The Balaban J connectivity index is 1.43. The zero-order valence-electron chi connectivity index (χ0n) is 15.1. The summed E-state index contributed by atoms with van der Waals surface area (Å²) in [4.78, 5) is 26.2. The third-order valence-electron chi connectivity index (χ3n) is 4.53. The summed E-state index contributed by atoms with van der Waals surface area (Å²) < 4.78 is 5.79. The monoisotopic (exact) mass is 386 g/mol. The van der Waals surface area contributed by atoms with E-state index in [0.29, 0.717) is 37.7 Å². The number of hydrogen-bond donors (Lipinski definition) is 1. The number of ether oxygens (including phenoxy) is 1. The lowest BCUT2D eigenvalue weighted by Gasteiger charge is -2.33. The summed E-state index contributed by atoms with van der Waals surface area (Å²) in [5, 5.41) is 3.49. The van der Waals surface area contributed by atoms with Gasteiger partial charge in [0.1, 0.15) is 6.10 Å². The molecule has 0 radical (unpaired) electrons. The van der Waals surface area contributed by atoms with Gasteiger partial charge in [0.05, 0.1) is 19.6 Å². The lowest BCUT2D eigenvalue weighted by atomic mass is 10.1. The molecule has 0 aliphatic carbocycles. The fourth-order valence-electron chi connectivity index (χ4n) is 3.07. The molecule has 1 saturated heterocycles. The highest BCUT2D eigenvalue weighted by Crippen LogP contribution is 2.24. The largest absolute Gasteiger partial charge is 0.370 e. The molecule has 27 heavy (non-hydrogen) atoms. The first-order valence-electron chi connectivity index (χ1n) is 9.07. The van der Waals surface area contributed by atoms with Crippen LogP contribution in [0.1, 0.15) is 23.7 Å². The van der Waals surface area contributed by atoms with Crippen LogP contribution in [0.3, 0.4) is 0 Å². The van der Waals surface area contributed by atoms with Crippen LogP contribution in [0.15, 0.2) is 54.6 Å². The first-order chi connectivity index (χ1) is 13.1. The Kier molecular flexibility index (Phi) is 6.85. The second-order valence-electron chi connectivity index (χ2n) is 6.51. The highest BCUT2D eigenvalue weighted by atomic mass is 35.5. The minimum absolute atomic E-state index is 0.0253. The number of nitrogens with one attached hydrogen (secondary N) is 1. The summed E-state index contributed by atoms with van der Waals surface area (Å²) in [5.74, 6) is -0.0488. The SMILES string of the molecule is O=C(Cc1ccccc1)NCCC(=O)N1CCOC(c2ccc(Cl)cc2)C1. The Morgan fingerprint density at radius 3 is 2.59 bits per heavy atom. The number of nitrogens with zero attached hydrogens (tertiary/aromatic N) is 1. The van der Waals surface area contributed by atoms with Gasteiger partial charge in [-0.2, -0.15) is 0 Å². The number of hydrogen-bond acceptors (Lipinski definition) is 3. The van der Waals surface area contributed by atoms with Gasteiger partial charge < -0.3 is 15.0 Å². The smallest absolute Gasteiger partial charge is 0.224 e. The van der Waals surface area contributed by atoms with Gasteiger partial charge in [-0.25, -0.2) is 0 Å².